The van der Waals surface area contributed by atoms with Crippen LogP contribution in [0.4, 0.5) is 0 Å². The number of hydrogen-bond acceptors (Lipinski definition) is 6. The number of nitrogens with zero attached hydrogens (tertiary/aromatic N) is 6. The molecule has 363 valence electrons. The molecule has 8 bridgehead atoms. The molecule has 2 aliphatic rings. The topological polar surface area (TPSA) is 109 Å². The summed E-state index contributed by atoms with van der Waals surface area (Å²) in [7, 11) is 0. The van der Waals surface area contributed by atoms with Gasteiger partial charge in [-0.3, -0.25) is 0 Å². The van der Waals surface area contributed by atoms with Crippen LogP contribution >= 0.6 is 0 Å². The molecule has 10 aromatic carbocycles. The molecule has 1 radical (unpaired) electrons. The molecule has 0 atom stereocenters. The van der Waals surface area contributed by atoms with Gasteiger partial charge in [0.25, 0.3) is 0 Å². The average Bonchev–Trinajstić information content (AvgIpc) is 4.28. The Morgan fingerprint density at radius 1 is 0.208 bits per heavy atom. The predicted octanol–water partition coefficient (Wildman–Crippen LogP) is 16.9. The summed E-state index contributed by atoms with van der Waals surface area (Å²) in [5, 5.41) is 3.61. The van der Waals surface area contributed by atoms with Crippen molar-refractivity contribution >= 4 is 44.1 Å². The Balaban J connectivity index is 0.00000540. The summed E-state index contributed by atoms with van der Waals surface area (Å²) in [6.07, 6.45) is 0. The van der Waals surface area contributed by atoms with Crippen LogP contribution in [0, 0.1) is 0 Å². The quantitative estimate of drug-likeness (QED) is 0.172. The standard InChI is InChI=1S/C68H42N8.Co/c1-7-23-41(24-8-1)47-39-40-52-58(53(47)42-25-9-2-10-26-42)66-74-65(52)72-63-49-36-20-19-35-48(49)61(70-63)69-62-50-37-21-22-38-51(50)64(71-62)73-67-59-56(45-31-15-5-16-32-45)54(43-27-11-3-12-28-43)55(44-29-13-4-14-30-44)57(46-33-17-6-18-34-46)60(59)68(75-66)76-67;/h1-40H,(H2,69,70,71,72,73,74,75,76);. The van der Waals surface area contributed by atoms with E-state index in [1.54, 1.807) is 0 Å². The van der Waals surface area contributed by atoms with Crippen LogP contribution in [0.2, 0.25) is 0 Å². The molecule has 0 saturated carbocycles. The van der Waals surface area contributed by atoms with E-state index in [1.807, 2.05) is 24.3 Å². The van der Waals surface area contributed by atoms with Gasteiger partial charge in [0, 0.05) is 77.3 Å². The first-order chi connectivity index (χ1) is 37.7. The first-order valence-corrected chi connectivity index (χ1v) is 25.5. The van der Waals surface area contributed by atoms with Crippen molar-refractivity contribution in [1.82, 2.24) is 39.9 Å². The molecular formula is C68H42CoN8. The molecule has 0 spiro atoms. The molecule has 0 saturated heterocycles. The van der Waals surface area contributed by atoms with Gasteiger partial charge in [-0.1, -0.05) is 237 Å². The first kappa shape index (κ1) is 45.7. The third-order valence-electron chi connectivity index (χ3n) is 14.7. The van der Waals surface area contributed by atoms with E-state index in [0.29, 0.717) is 45.9 Å². The average molecular weight is 1030 g/mol. The number of nitrogens with one attached hydrogen (secondary N) is 2. The van der Waals surface area contributed by atoms with Crippen LogP contribution in [0.15, 0.2) is 243 Å². The van der Waals surface area contributed by atoms with Crippen LogP contribution in [0.5, 0.6) is 0 Å². The van der Waals surface area contributed by atoms with E-state index in [-0.39, 0.29) is 16.8 Å². The second-order valence-corrected chi connectivity index (χ2v) is 19.1. The summed E-state index contributed by atoms with van der Waals surface area (Å²) in [6, 6.07) is 84.7. The zero-order valence-electron chi connectivity index (χ0n) is 41.1. The zero-order valence-corrected chi connectivity index (χ0v) is 42.2. The molecule has 9 heteroatoms. The monoisotopic (exact) mass is 1030 g/mol. The molecule has 0 aliphatic carbocycles. The fourth-order valence-electron chi connectivity index (χ4n) is 11.4. The predicted molar refractivity (Wildman–Crippen MR) is 309 cm³/mol. The Hall–Kier alpha value is -9.93. The Morgan fingerprint density at radius 2 is 0.519 bits per heavy atom. The van der Waals surface area contributed by atoms with Crippen LogP contribution in [0.25, 0.3) is 156 Å². The summed E-state index contributed by atoms with van der Waals surface area (Å²) in [5.41, 5.74) is 18.4. The van der Waals surface area contributed by atoms with Crippen LogP contribution in [-0.2, 0) is 16.8 Å². The Labute approximate surface area is 453 Å². The van der Waals surface area contributed by atoms with Gasteiger partial charge in [-0.05, 0) is 56.1 Å². The second-order valence-electron chi connectivity index (χ2n) is 19.1. The molecule has 3 aromatic heterocycles. The Bertz CT molecular complexity index is 4600. The number of hydrogen-bond donors (Lipinski definition) is 2. The number of aromatic nitrogens is 8. The Kier molecular flexibility index (Phi) is 11.1. The maximum Gasteiger partial charge on any atom is 0.165 e. The van der Waals surface area contributed by atoms with Crippen molar-refractivity contribution in [2.24, 2.45) is 0 Å². The van der Waals surface area contributed by atoms with Crippen LogP contribution in [0.3, 0.4) is 0 Å². The molecule has 2 aliphatic heterocycles. The SMILES string of the molecule is [Co].c1ccc(-c2ccc3c(c2-c2ccccc2)-c2nc-3nc3[nH]c(nc4nc(nc5[nH]c(n2)c2c(-c6ccccc6)c(-c6ccccc6)c(-c6ccccc6)c(-c6ccccc6)c52)-c2ccccc2-4)c2ccccc32)cc1. The Morgan fingerprint density at radius 3 is 0.974 bits per heavy atom. The van der Waals surface area contributed by atoms with Gasteiger partial charge in [-0.2, -0.15) is 0 Å². The molecule has 0 amide bonds. The molecule has 0 unspecified atom stereocenters. The molecule has 8 nitrogen and oxygen atoms in total. The van der Waals surface area contributed by atoms with Crippen molar-refractivity contribution < 1.29 is 16.8 Å². The summed E-state index contributed by atoms with van der Waals surface area (Å²) >= 11 is 0. The van der Waals surface area contributed by atoms with Gasteiger partial charge in [0.2, 0.25) is 0 Å². The summed E-state index contributed by atoms with van der Waals surface area (Å²) in [5.74, 6) is 2.12. The molecular weight excluding hydrogens is 988 g/mol. The first-order valence-electron chi connectivity index (χ1n) is 25.5. The number of H-pyrrole nitrogens is 2. The van der Waals surface area contributed by atoms with Gasteiger partial charge in [0.05, 0.1) is 0 Å². The summed E-state index contributed by atoms with van der Waals surface area (Å²) < 4.78 is 0. The van der Waals surface area contributed by atoms with Gasteiger partial charge in [-0.25, -0.2) is 29.9 Å². The third-order valence-corrected chi connectivity index (χ3v) is 14.7. The van der Waals surface area contributed by atoms with Crippen molar-refractivity contribution in [3.8, 4) is 112 Å². The molecule has 77 heavy (non-hydrogen) atoms. The third kappa shape index (κ3) is 7.59. The fourth-order valence-corrected chi connectivity index (χ4v) is 11.4. The maximum absolute atomic E-state index is 5.89. The minimum absolute atomic E-state index is 0. The molecule has 0 fully saturated rings. The van der Waals surface area contributed by atoms with Gasteiger partial charge >= 0.3 is 0 Å². The number of benzene rings is 10. The van der Waals surface area contributed by atoms with E-state index in [2.05, 4.69) is 228 Å². The molecule has 13 aromatic rings. The van der Waals surface area contributed by atoms with E-state index in [1.165, 1.54) is 0 Å². The van der Waals surface area contributed by atoms with Crippen molar-refractivity contribution in [3.05, 3.63) is 243 Å². The fraction of sp³-hybridized carbons (Fsp3) is 0. The van der Waals surface area contributed by atoms with E-state index >= 15 is 0 Å². The van der Waals surface area contributed by atoms with Gasteiger partial charge in [0.1, 0.15) is 22.6 Å². The number of rotatable bonds is 6. The van der Waals surface area contributed by atoms with E-state index in [4.69, 9.17) is 29.9 Å². The van der Waals surface area contributed by atoms with Crippen LogP contribution in [-0.4, -0.2) is 39.9 Å². The molecule has 15 rings (SSSR count). The van der Waals surface area contributed by atoms with Crippen molar-refractivity contribution in [2.75, 3.05) is 0 Å². The smallest absolute Gasteiger partial charge is 0.165 e. The maximum atomic E-state index is 5.89. The van der Waals surface area contributed by atoms with Crippen molar-refractivity contribution in [2.45, 2.75) is 0 Å². The minimum Gasteiger partial charge on any atom is -0.324 e. The van der Waals surface area contributed by atoms with E-state index in [9.17, 15) is 0 Å². The summed E-state index contributed by atoms with van der Waals surface area (Å²) in [4.78, 5) is 40.8. The van der Waals surface area contributed by atoms with Crippen LogP contribution in [0.1, 0.15) is 0 Å². The second kappa shape index (κ2) is 18.8. The molecule has 5 heterocycles. The zero-order chi connectivity index (χ0) is 50.1. The van der Waals surface area contributed by atoms with E-state index < -0.39 is 0 Å². The molecule has 2 N–H and O–H groups in total. The van der Waals surface area contributed by atoms with Gasteiger partial charge in [-0.15, -0.1) is 0 Å². The van der Waals surface area contributed by atoms with E-state index in [0.717, 1.165) is 111 Å². The largest absolute Gasteiger partial charge is 0.324 e. The van der Waals surface area contributed by atoms with Crippen LogP contribution < -0.4 is 0 Å². The van der Waals surface area contributed by atoms with Crippen molar-refractivity contribution in [1.29, 1.82) is 0 Å². The number of aromatic amines is 2. The van der Waals surface area contributed by atoms with Gasteiger partial charge in [0.15, 0.2) is 23.3 Å². The summed E-state index contributed by atoms with van der Waals surface area (Å²) in [6.45, 7) is 0. The normalized spacial score (nSPS) is 11.5. The van der Waals surface area contributed by atoms with Gasteiger partial charge < -0.3 is 9.97 Å². The number of fused-ring (bicyclic) bond motifs is 20. The van der Waals surface area contributed by atoms with Crippen molar-refractivity contribution in [3.63, 3.8) is 0 Å². The minimum atomic E-state index is 0.